The molecule has 3 N–H and O–H groups in total. The number of nitrogens with two attached hydrogens (primary N) is 1. The number of benzene rings is 1. The van der Waals surface area contributed by atoms with Gasteiger partial charge in [0, 0.05) is 16.6 Å². The number of hydrogen-bond acceptors (Lipinski definition) is 2. The molecule has 90 valence electrons. The third-order valence-corrected chi connectivity index (χ3v) is 3.58. The van der Waals surface area contributed by atoms with Crippen molar-refractivity contribution in [2.75, 3.05) is 0 Å². The van der Waals surface area contributed by atoms with Gasteiger partial charge in [-0.25, -0.2) is 0 Å². The fourth-order valence-corrected chi connectivity index (χ4v) is 2.40. The average molecular weight is 283 g/mol. The van der Waals surface area contributed by atoms with Crippen molar-refractivity contribution < 1.29 is 5.11 Å². The van der Waals surface area contributed by atoms with Crippen molar-refractivity contribution in [2.24, 2.45) is 11.7 Å². The molecule has 2 nitrogen and oxygen atoms in total. The Labute approximate surface area is 111 Å². The fourth-order valence-electron chi connectivity index (χ4n) is 1.89. The lowest BCUT2D eigenvalue weighted by Gasteiger charge is -2.31. The molecule has 0 unspecified atom stereocenters. The first-order chi connectivity index (χ1) is 7.09. The summed E-state index contributed by atoms with van der Waals surface area (Å²) in [6.07, 6.45) is 3.45. The van der Waals surface area contributed by atoms with Crippen molar-refractivity contribution in [1.29, 1.82) is 0 Å². The molecule has 1 atom stereocenters. The van der Waals surface area contributed by atoms with E-state index in [1.807, 2.05) is 0 Å². The van der Waals surface area contributed by atoms with E-state index in [2.05, 4.69) is 0 Å². The van der Waals surface area contributed by atoms with Gasteiger partial charge in [-0.2, -0.15) is 0 Å². The Balaban J connectivity index is 0.00000128. The Morgan fingerprint density at radius 3 is 2.44 bits per heavy atom. The van der Waals surface area contributed by atoms with E-state index in [1.165, 1.54) is 12.5 Å². The van der Waals surface area contributed by atoms with Crippen molar-refractivity contribution in [2.45, 2.75) is 25.3 Å². The normalized spacial score (nSPS) is 17.4. The molecule has 1 aromatic carbocycles. The summed E-state index contributed by atoms with van der Waals surface area (Å²) in [5.74, 6) is 0.519. The lowest BCUT2D eigenvalue weighted by molar-refractivity contribution is 0.260. The third kappa shape index (κ3) is 2.57. The van der Waals surface area contributed by atoms with Crippen molar-refractivity contribution in [3.8, 4) is 5.75 Å². The molecule has 1 saturated carbocycles. The number of halogens is 3. The van der Waals surface area contributed by atoms with Crippen LogP contribution in [0.3, 0.4) is 0 Å². The predicted octanol–water partition coefficient (Wildman–Crippen LogP) is 3.92. The zero-order valence-electron chi connectivity index (χ0n) is 8.62. The van der Waals surface area contributed by atoms with Crippen LogP contribution in [0, 0.1) is 5.92 Å². The lowest BCUT2D eigenvalue weighted by Crippen LogP contribution is -2.26. The van der Waals surface area contributed by atoms with E-state index < -0.39 is 0 Å². The van der Waals surface area contributed by atoms with E-state index in [1.54, 1.807) is 6.07 Å². The average Bonchev–Trinajstić information content (AvgIpc) is 2.08. The molecule has 2 rings (SSSR count). The molecular weight excluding hydrogens is 268 g/mol. The topological polar surface area (TPSA) is 46.2 Å². The molecule has 0 radical (unpaired) electrons. The van der Waals surface area contributed by atoms with Crippen molar-refractivity contribution in [3.63, 3.8) is 0 Å². The summed E-state index contributed by atoms with van der Waals surface area (Å²) >= 11 is 11.7. The van der Waals surface area contributed by atoms with Crippen molar-refractivity contribution in [3.05, 3.63) is 27.7 Å². The van der Waals surface area contributed by atoms with Gasteiger partial charge >= 0.3 is 0 Å². The van der Waals surface area contributed by atoms with E-state index >= 15 is 0 Å². The van der Waals surface area contributed by atoms with E-state index in [4.69, 9.17) is 28.9 Å². The highest BCUT2D eigenvalue weighted by molar-refractivity contribution is 6.35. The van der Waals surface area contributed by atoms with Gasteiger partial charge in [0.05, 0.1) is 5.02 Å². The minimum Gasteiger partial charge on any atom is -0.506 e. The number of hydrogen-bond donors (Lipinski definition) is 2. The molecule has 0 aromatic heterocycles. The van der Waals surface area contributed by atoms with Gasteiger partial charge in [-0.05, 0) is 30.9 Å². The molecule has 0 amide bonds. The van der Waals surface area contributed by atoms with Crippen LogP contribution >= 0.6 is 35.6 Å². The second-order valence-corrected chi connectivity index (χ2v) is 4.89. The van der Waals surface area contributed by atoms with Gasteiger partial charge in [0.1, 0.15) is 5.75 Å². The van der Waals surface area contributed by atoms with Gasteiger partial charge in [0.15, 0.2) is 0 Å². The van der Waals surface area contributed by atoms with Crippen LogP contribution in [-0.2, 0) is 0 Å². The summed E-state index contributed by atoms with van der Waals surface area (Å²) in [7, 11) is 0. The molecular formula is C11H14Cl3NO. The van der Waals surface area contributed by atoms with Crippen LogP contribution in [0.4, 0.5) is 0 Å². The first-order valence-electron chi connectivity index (χ1n) is 5.03. The lowest BCUT2D eigenvalue weighted by atomic mass is 9.77. The molecule has 16 heavy (non-hydrogen) atoms. The molecule has 1 fully saturated rings. The van der Waals surface area contributed by atoms with Gasteiger partial charge < -0.3 is 10.8 Å². The molecule has 1 aliphatic carbocycles. The van der Waals surface area contributed by atoms with Crippen LogP contribution in [0.1, 0.15) is 30.9 Å². The van der Waals surface area contributed by atoms with Crippen LogP contribution in [0.25, 0.3) is 0 Å². The SMILES string of the molecule is Cl.N[C@@H](c1cc(Cl)cc(Cl)c1O)C1CCC1. The van der Waals surface area contributed by atoms with E-state index in [9.17, 15) is 5.11 Å². The molecule has 0 heterocycles. The van der Waals surface area contributed by atoms with Crippen molar-refractivity contribution >= 4 is 35.6 Å². The summed E-state index contributed by atoms with van der Waals surface area (Å²) in [6.45, 7) is 0. The third-order valence-electron chi connectivity index (χ3n) is 3.07. The van der Waals surface area contributed by atoms with Gasteiger partial charge in [-0.15, -0.1) is 12.4 Å². The Kier molecular flexibility index (Phi) is 4.74. The highest BCUT2D eigenvalue weighted by atomic mass is 35.5. The maximum absolute atomic E-state index is 9.79. The van der Waals surface area contributed by atoms with Gasteiger partial charge in [0.25, 0.3) is 0 Å². The minimum atomic E-state index is -0.157. The highest BCUT2D eigenvalue weighted by Crippen LogP contribution is 2.42. The highest BCUT2D eigenvalue weighted by Gasteiger charge is 2.28. The standard InChI is InChI=1S/C11H13Cl2NO.ClH/c12-7-4-8(11(15)9(13)5-7)10(14)6-2-1-3-6;/h4-6,10,15H,1-3,14H2;1H/t10-;/m1./s1. The smallest absolute Gasteiger partial charge is 0.139 e. The molecule has 0 saturated heterocycles. The Hall–Kier alpha value is -0.150. The number of rotatable bonds is 2. The second kappa shape index (κ2) is 5.46. The van der Waals surface area contributed by atoms with Crippen LogP contribution in [-0.4, -0.2) is 5.11 Å². The van der Waals surface area contributed by atoms with Crippen molar-refractivity contribution in [1.82, 2.24) is 0 Å². The van der Waals surface area contributed by atoms with Gasteiger partial charge in [0.2, 0.25) is 0 Å². The first-order valence-corrected chi connectivity index (χ1v) is 5.78. The summed E-state index contributed by atoms with van der Waals surface area (Å²) in [5, 5.41) is 10.6. The van der Waals surface area contributed by atoms with Crippen LogP contribution < -0.4 is 5.73 Å². The van der Waals surface area contributed by atoms with Gasteiger partial charge in [-0.1, -0.05) is 29.6 Å². The molecule has 5 heteroatoms. The summed E-state index contributed by atoms with van der Waals surface area (Å²) in [4.78, 5) is 0. The second-order valence-electron chi connectivity index (χ2n) is 4.04. The van der Waals surface area contributed by atoms with Crippen LogP contribution in [0.15, 0.2) is 12.1 Å². The maximum Gasteiger partial charge on any atom is 0.139 e. The fraction of sp³-hybridized carbons (Fsp3) is 0.455. The monoisotopic (exact) mass is 281 g/mol. The molecule has 0 bridgehead atoms. The summed E-state index contributed by atoms with van der Waals surface area (Å²) < 4.78 is 0. The number of aromatic hydroxyl groups is 1. The summed E-state index contributed by atoms with van der Waals surface area (Å²) in [5.41, 5.74) is 6.73. The quantitative estimate of drug-likeness (QED) is 0.863. The first kappa shape index (κ1) is 13.9. The Morgan fingerprint density at radius 1 is 1.31 bits per heavy atom. The maximum atomic E-state index is 9.79. The van der Waals surface area contributed by atoms with Crippen LogP contribution in [0.2, 0.25) is 10.0 Å². The van der Waals surface area contributed by atoms with E-state index in [0.29, 0.717) is 16.5 Å². The minimum absolute atomic E-state index is 0. The molecule has 1 aromatic rings. The molecule has 1 aliphatic rings. The molecule has 0 spiro atoms. The van der Waals surface area contributed by atoms with E-state index in [-0.39, 0.29) is 29.2 Å². The van der Waals surface area contributed by atoms with E-state index in [0.717, 1.165) is 12.8 Å². The zero-order valence-corrected chi connectivity index (χ0v) is 10.9. The van der Waals surface area contributed by atoms with Crippen LogP contribution in [0.5, 0.6) is 5.75 Å². The Morgan fingerprint density at radius 2 is 1.94 bits per heavy atom. The zero-order chi connectivity index (χ0) is 11.0. The predicted molar refractivity (Wildman–Crippen MR) is 69.6 cm³/mol. The largest absolute Gasteiger partial charge is 0.506 e. The number of phenolic OH excluding ortho intramolecular Hbond substituents is 1. The van der Waals surface area contributed by atoms with Gasteiger partial charge in [-0.3, -0.25) is 0 Å². The number of phenols is 1. The summed E-state index contributed by atoms with van der Waals surface area (Å²) in [6, 6.07) is 3.07. The molecule has 0 aliphatic heterocycles. The Bertz CT molecular complexity index is 380.